The van der Waals surface area contributed by atoms with E-state index in [0.29, 0.717) is 52.8 Å². The van der Waals surface area contributed by atoms with Crippen LogP contribution in [0.1, 0.15) is 30.6 Å². The van der Waals surface area contributed by atoms with Gasteiger partial charge in [0.1, 0.15) is 11.5 Å². The fourth-order valence-electron chi connectivity index (χ4n) is 4.36. The Morgan fingerprint density at radius 3 is 2.37 bits per heavy atom. The van der Waals surface area contributed by atoms with Crippen LogP contribution < -0.4 is 14.8 Å². The summed E-state index contributed by atoms with van der Waals surface area (Å²) in [4.78, 5) is 17.5. The van der Waals surface area contributed by atoms with E-state index in [1.165, 1.54) is 35.6 Å². The topological polar surface area (TPSA) is 97.8 Å². The summed E-state index contributed by atoms with van der Waals surface area (Å²) in [6.07, 6.45) is 1.02. The molecule has 0 unspecified atom stereocenters. The van der Waals surface area contributed by atoms with Crippen LogP contribution >= 0.6 is 11.3 Å². The number of carbonyl (C=O) groups is 1. The molecule has 1 fully saturated rings. The van der Waals surface area contributed by atoms with Gasteiger partial charge in [-0.2, -0.15) is 4.31 Å². The van der Waals surface area contributed by atoms with Gasteiger partial charge >= 0.3 is 0 Å². The van der Waals surface area contributed by atoms with E-state index in [4.69, 9.17) is 9.47 Å². The molecule has 10 heteroatoms. The van der Waals surface area contributed by atoms with Crippen LogP contribution in [0.2, 0.25) is 0 Å². The highest BCUT2D eigenvalue weighted by molar-refractivity contribution is 7.89. The number of nitrogens with zero attached hydrogens (tertiary/aromatic N) is 2. The van der Waals surface area contributed by atoms with Crippen molar-refractivity contribution in [3.05, 3.63) is 53.4 Å². The first-order valence-electron chi connectivity index (χ1n) is 11.3. The standard InChI is InChI=1S/C25H29N3O5S2/c1-16-11-17(2)14-28(13-16)35(30,31)20-8-5-18(6-9-20)24(29)27-25-26-22(15-34-25)21-10-7-19(32-3)12-23(21)33-4/h5-10,12,15-17H,11,13-14H2,1-4H3,(H,26,27,29)/t16-,17+. The molecule has 186 valence electrons. The third-order valence-corrected chi connectivity index (χ3v) is 8.60. The maximum atomic E-state index is 13.1. The van der Waals surface area contributed by atoms with Crippen LogP contribution in [0, 0.1) is 11.8 Å². The average molecular weight is 516 g/mol. The molecule has 0 radical (unpaired) electrons. The lowest BCUT2D eigenvalue weighted by Crippen LogP contribution is -2.42. The summed E-state index contributed by atoms with van der Waals surface area (Å²) in [7, 11) is -0.440. The van der Waals surface area contributed by atoms with E-state index in [1.54, 1.807) is 24.6 Å². The molecular formula is C25H29N3O5S2. The number of sulfonamides is 1. The number of rotatable bonds is 7. The lowest BCUT2D eigenvalue weighted by atomic mass is 9.94. The molecule has 35 heavy (non-hydrogen) atoms. The largest absolute Gasteiger partial charge is 0.497 e. The van der Waals surface area contributed by atoms with E-state index >= 15 is 0 Å². The molecule has 1 aliphatic heterocycles. The monoisotopic (exact) mass is 515 g/mol. The number of benzene rings is 2. The number of thiazole rings is 1. The van der Waals surface area contributed by atoms with Gasteiger partial charge in [-0.15, -0.1) is 11.3 Å². The molecule has 2 aromatic carbocycles. The average Bonchev–Trinajstić information content (AvgIpc) is 3.31. The fourth-order valence-corrected chi connectivity index (χ4v) is 6.75. The molecule has 8 nitrogen and oxygen atoms in total. The zero-order valence-electron chi connectivity index (χ0n) is 20.1. The molecule has 2 heterocycles. The molecule has 1 saturated heterocycles. The predicted molar refractivity (Wildman–Crippen MR) is 137 cm³/mol. The Morgan fingerprint density at radius 2 is 1.74 bits per heavy atom. The van der Waals surface area contributed by atoms with Crippen molar-refractivity contribution in [3.8, 4) is 22.8 Å². The number of hydrogen-bond acceptors (Lipinski definition) is 7. The van der Waals surface area contributed by atoms with Gasteiger partial charge in [0.15, 0.2) is 5.13 Å². The van der Waals surface area contributed by atoms with Crippen molar-refractivity contribution >= 4 is 32.4 Å². The van der Waals surface area contributed by atoms with E-state index in [-0.39, 0.29) is 10.8 Å². The maximum Gasteiger partial charge on any atom is 0.257 e. The molecular weight excluding hydrogens is 486 g/mol. The minimum absolute atomic E-state index is 0.193. The van der Waals surface area contributed by atoms with Gasteiger partial charge in [-0.25, -0.2) is 13.4 Å². The minimum atomic E-state index is -3.60. The van der Waals surface area contributed by atoms with Crippen molar-refractivity contribution in [3.63, 3.8) is 0 Å². The molecule has 3 aromatic rings. The number of hydrogen-bond donors (Lipinski definition) is 1. The Morgan fingerprint density at radius 1 is 1.06 bits per heavy atom. The lowest BCUT2D eigenvalue weighted by molar-refractivity contribution is 0.102. The normalized spacial score (nSPS) is 18.7. The van der Waals surface area contributed by atoms with Crippen molar-refractivity contribution in [2.75, 3.05) is 32.6 Å². The van der Waals surface area contributed by atoms with Crippen molar-refractivity contribution in [2.24, 2.45) is 11.8 Å². The Labute approximate surface area is 210 Å². The first kappa shape index (κ1) is 25.2. The third kappa shape index (κ3) is 5.50. The van der Waals surface area contributed by atoms with Gasteiger partial charge in [0.05, 0.1) is 24.8 Å². The molecule has 1 aliphatic rings. The molecule has 0 spiro atoms. The zero-order valence-corrected chi connectivity index (χ0v) is 21.8. The fraction of sp³-hybridized carbons (Fsp3) is 0.360. The molecule has 1 amide bonds. The number of anilines is 1. The van der Waals surface area contributed by atoms with Gasteiger partial charge < -0.3 is 9.47 Å². The smallest absolute Gasteiger partial charge is 0.257 e. The summed E-state index contributed by atoms with van der Waals surface area (Å²) < 4.78 is 38.4. The van der Waals surface area contributed by atoms with Crippen molar-refractivity contribution in [1.29, 1.82) is 0 Å². The predicted octanol–water partition coefficient (Wildman–Crippen LogP) is 4.75. The second-order valence-corrected chi connectivity index (χ2v) is 11.6. The number of ether oxygens (including phenoxy) is 2. The molecule has 1 aromatic heterocycles. The summed E-state index contributed by atoms with van der Waals surface area (Å²) in [5.74, 6) is 1.56. The molecule has 1 N–H and O–H groups in total. The second-order valence-electron chi connectivity index (χ2n) is 8.85. The van der Waals surface area contributed by atoms with E-state index in [1.807, 2.05) is 17.5 Å². The number of carbonyl (C=O) groups excluding carboxylic acids is 1. The van der Waals surface area contributed by atoms with Crippen molar-refractivity contribution in [2.45, 2.75) is 25.2 Å². The quantitative estimate of drug-likeness (QED) is 0.488. The molecule has 2 atom stereocenters. The molecule has 4 rings (SSSR count). The molecule has 0 aliphatic carbocycles. The number of amides is 1. The van der Waals surface area contributed by atoms with Crippen LogP contribution in [0.15, 0.2) is 52.7 Å². The van der Waals surface area contributed by atoms with Crippen LogP contribution in [-0.2, 0) is 10.0 Å². The second kappa shape index (κ2) is 10.3. The van der Waals surface area contributed by atoms with Gasteiger partial charge in [-0.3, -0.25) is 10.1 Å². The minimum Gasteiger partial charge on any atom is -0.497 e. The van der Waals surface area contributed by atoms with Crippen LogP contribution in [0.3, 0.4) is 0 Å². The van der Waals surface area contributed by atoms with Gasteiger partial charge in [-0.1, -0.05) is 13.8 Å². The van der Waals surface area contributed by atoms with E-state index in [2.05, 4.69) is 24.1 Å². The van der Waals surface area contributed by atoms with Gasteiger partial charge in [0.2, 0.25) is 10.0 Å². The zero-order chi connectivity index (χ0) is 25.2. The van der Waals surface area contributed by atoms with Crippen LogP contribution in [-0.4, -0.2) is 50.9 Å². The van der Waals surface area contributed by atoms with E-state index in [0.717, 1.165) is 12.0 Å². The number of nitrogens with one attached hydrogen (secondary N) is 1. The van der Waals surface area contributed by atoms with Gasteiger partial charge in [-0.05, 0) is 54.7 Å². The Bertz CT molecular complexity index is 1290. The van der Waals surface area contributed by atoms with Gasteiger partial charge in [0.25, 0.3) is 5.91 Å². The Balaban J connectivity index is 1.47. The van der Waals surface area contributed by atoms with Crippen LogP contribution in [0.5, 0.6) is 11.5 Å². The highest BCUT2D eigenvalue weighted by Crippen LogP contribution is 2.35. The van der Waals surface area contributed by atoms with Crippen LogP contribution in [0.25, 0.3) is 11.3 Å². The Kier molecular flexibility index (Phi) is 7.44. The highest BCUT2D eigenvalue weighted by atomic mass is 32.2. The third-order valence-electron chi connectivity index (χ3n) is 6.00. The molecule has 0 bridgehead atoms. The SMILES string of the molecule is COc1ccc(-c2csc(NC(=O)c3ccc(S(=O)(=O)N4C[C@H](C)C[C@H](C)C4)cc3)n2)c(OC)c1. The van der Waals surface area contributed by atoms with E-state index in [9.17, 15) is 13.2 Å². The highest BCUT2D eigenvalue weighted by Gasteiger charge is 2.31. The number of aromatic nitrogens is 1. The first-order chi connectivity index (χ1) is 16.7. The van der Waals surface area contributed by atoms with Crippen LogP contribution in [0.4, 0.5) is 5.13 Å². The number of piperidine rings is 1. The lowest BCUT2D eigenvalue weighted by Gasteiger charge is -2.34. The summed E-state index contributed by atoms with van der Waals surface area (Å²) >= 11 is 1.29. The first-order valence-corrected chi connectivity index (χ1v) is 13.6. The maximum absolute atomic E-state index is 13.1. The van der Waals surface area contributed by atoms with Crippen molar-refractivity contribution < 1.29 is 22.7 Å². The summed E-state index contributed by atoms with van der Waals surface area (Å²) in [5.41, 5.74) is 1.79. The van der Waals surface area contributed by atoms with Gasteiger partial charge in [0, 0.05) is 35.7 Å². The van der Waals surface area contributed by atoms with E-state index < -0.39 is 10.0 Å². The summed E-state index contributed by atoms with van der Waals surface area (Å²) in [5, 5.41) is 5.04. The Hall–Kier alpha value is -2.95. The molecule has 0 saturated carbocycles. The van der Waals surface area contributed by atoms with Crippen molar-refractivity contribution in [1.82, 2.24) is 9.29 Å². The summed E-state index contributed by atoms with van der Waals surface area (Å²) in [6, 6.07) is 11.5. The summed E-state index contributed by atoms with van der Waals surface area (Å²) in [6.45, 7) is 5.17. The number of methoxy groups -OCH3 is 2.